The molecule has 0 amide bonds. The van der Waals surface area contributed by atoms with E-state index in [1.54, 1.807) is 0 Å². The summed E-state index contributed by atoms with van der Waals surface area (Å²) in [5.41, 5.74) is 0.982. The lowest BCUT2D eigenvalue weighted by molar-refractivity contribution is -0.150. The quantitative estimate of drug-likeness (QED) is 0.687. The number of carbonyl (C=O) groups excluding carboxylic acids is 1. The van der Waals surface area contributed by atoms with Crippen LogP contribution in [-0.4, -0.2) is 11.0 Å². The first-order chi connectivity index (χ1) is 11.5. The Kier molecular flexibility index (Phi) is 5.11. The number of unbranched alkanes of at least 4 members (excludes halogenated alkanes) is 1. The van der Waals surface area contributed by atoms with Crippen LogP contribution in [0, 0.1) is 5.92 Å². The number of anilines is 2. The average Bonchev–Trinajstić information content (AvgIpc) is 3.13. The Morgan fingerprint density at radius 2 is 2.25 bits per heavy atom. The first-order valence-corrected chi connectivity index (χ1v) is 9.48. The molecule has 0 bridgehead atoms. The number of hydrogen-bond donors (Lipinski definition) is 1. The summed E-state index contributed by atoms with van der Waals surface area (Å²) < 4.78 is 5.68. The van der Waals surface area contributed by atoms with Gasteiger partial charge in [0.15, 0.2) is 10.7 Å². The highest BCUT2D eigenvalue weighted by Crippen LogP contribution is 2.42. The second-order valence-electron chi connectivity index (χ2n) is 6.34. The fraction of sp³-hybridized carbons (Fsp3) is 0.444. The van der Waals surface area contributed by atoms with Gasteiger partial charge >= 0.3 is 5.97 Å². The van der Waals surface area contributed by atoms with Crippen LogP contribution in [-0.2, 0) is 15.1 Å². The standard InChI is InChI=1S/C18H21ClN2O2S/c1-3-4-7-12-10-18(2,23-16(12)22)15-11-24-17(21-15)20-14-9-6-5-8-13(14)19/h5-6,8-9,11-12H,3-4,7,10H2,1-2H3,(H,20,21)/t12-,18+/m1/s1. The van der Waals surface area contributed by atoms with Crippen molar-refractivity contribution in [2.75, 3.05) is 5.32 Å². The number of para-hydroxylation sites is 1. The average molecular weight is 365 g/mol. The predicted octanol–water partition coefficient (Wildman–Crippen LogP) is 5.51. The van der Waals surface area contributed by atoms with Crippen molar-refractivity contribution in [2.24, 2.45) is 5.92 Å². The number of rotatable bonds is 6. The minimum atomic E-state index is -0.633. The molecule has 1 aliphatic rings. The third-order valence-corrected chi connectivity index (χ3v) is 5.45. The predicted molar refractivity (Wildman–Crippen MR) is 97.9 cm³/mol. The highest BCUT2D eigenvalue weighted by Gasteiger charge is 2.45. The van der Waals surface area contributed by atoms with Crippen LogP contribution in [0.5, 0.6) is 0 Å². The zero-order valence-corrected chi connectivity index (χ0v) is 15.4. The molecule has 4 nitrogen and oxygen atoms in total. The third-order valence-electron chi connectivity index (χ3n) is 4.36. The highest BCUT2D eigenvalue weighted by molar-refractivity contribution is 7.13. The molecule has 2 heterocycles. The van der Waals surface area contributed by atoms with Crippen LogP contribution < -0.4 is 5.32 Å². The van der Waals surface area contributed by atoms with E-state index in [2.05, 4.69) is 17.2 Å². The molecule has 128 valence electrons. The summed E-state index contributed by atoms with van der Waals surface area (Å²) in [5, 5.41) is 6.57. The number of esters is 1. The molecule has 1 aliphatic heterocycles. The van der Waals surface area contributed by atoms with E-state index in [9.17, 15) is 4.79 Å². The highest BCUT2D eigenvalue weighted by atomic mass is 35.5. The normalized spacial score (nSPS) is 23.3. The maximum absolute atomic E-state index is 12.1. The lowest BCUT2D eigenvalue weighted by Crippen LogP contribution is -2.21. The maximum atomic E-state index is 12.1. The van der Waals surface area contributed by atoms with Crippen LogP contribution in [0.15, 0.2) is 29.6 Å². The molecule has 1 N–H and O–H groups in total. The van der Waals surface area contributed by atoms with E-state index in [1.807, 2.05) is 36.6 Å². The molecule has 0 saturated carbocycles. The molecular weight excluding hydrogens is 344 g/mol. The van der Waals surface area contributed by atoms with Gasteiger partial charge < -0.3 is 10.1 Å². The summed E-state index contributed by atoms with van der Waals surface area (Å²) in [6.07, 6.45) is 3.72. The molecule has 1 aromatic heterocycles. The summed E-state index contributed by atoms with van der Waals surface area (Å²) in [6.45, 7) is 4.08. The summed E-state index contributed by atoms with van der Waals surface area (Å²) >= 11 is 7.65. The summed E-state index contributed by atoms with van der Waals surface area (Å²) in [5.74, 6) is -0.115. The van der Waals surface area contributed by atoms with Crippen molar-refractivity contribution < 1.29 is 9.53 Å². The van der Waals surface area contributed by atoms with Crippen molar-refractivity contribution in [1.29, 1.82) is 0 Å². The number of cyclic esters (lactones) is 1. The van der Waals surface area contributed by atoms with Crippen molar-refractivity contribution in [3.8, 4) is 0 Å². The molecule has 1 aromatic carbocycles. The van der Waals surface area contributed by atoms with Crippen molar-refractivity contribution in [3.63, 3.8) is 0 Å². The molecule has 2 atom stereocenters. The fourth-order valence-corrected chi connectivity index (χ4v) is 4.01. The number of benzene rings is 1. The number of thiazole rings is 1. The van der Waals surface area contributed by atoms with Crippen molar-refractivity contribution in [3.05, 3.63) is 40.4 Å². The smallest absolute Gasteiger partial charge is 0.310 e. The zero-order valence-electron chi connectivity index (χ0n) is 13.8. The molecule has 2 aromatic rings. The Labute approximate surface area is 151 Å². The van der Waals surface area contributed by atoms with E-state index < -0.39 is 5.60 Å². The summed E-state index contributed by atoms with van der Waals surface area (Å²) in [6, 6.07) is 7.54. The van der Waals surface area contributed by atoms with Crippen LogP contribution in [0.2, 0.25) is 5.02 Å². The van der Waals surface area contributed by atoms with Crippen LogP contribution in [0.3, 0.4) is 0 Å². The molecule has 1 saturated heterocycles. The van der Waals surface area contributed by atoms with E-state index in [-0.39, 0.29) is 11.9 Å². The van der Waals surface area contributed by atoms with Crippen LogP contribution in [0.1, 0.15) is 45.2 Å². The Hall–Kier alpha value is -1.59. The van der Waals surface area contributed by atoms with Gasteiger partial charge in [0.2, 0.25) is 0 Å². The second kappa shape index (κ2) is 7.11. The van der Waals surface area contributed by atoms with Gasteiger partial charge in [-0.15, -0.1) is 11.3 Å². The van der Waals surface area contributed by atoms with Gasteiger partial charge in [0.05, 0.1) is 22.3 Å². The van der Waals surface area contributed by atoms with Crippen LogP contribution >= 0.6 is 22.9 Å². The van der Waals surface area contributed by atoms with Gasteiger partial charge in [-0.1, -0.05) is 43.5 Å². The van der Waals surface area contributed by atoms with Gasteiger partial charge in [-0.3, -0.25) is 4.79 Å². The number of nitrogens with zero attached hydrogens (tertiary/aromatic N) is 1. The number of ether oxygens (including phenoxy) is 1. The maximum Gasteiger partial charge on any atom is 0.310 e. The molecule has 1 fully saturated rings. The lowest BCUT2D eigenvalue weighted by Gasteiger charge is -2.20. The van der Waals surface area contributed by atoms with Crippen molar-refractivity contribution >= 4 is 39.7 Å². The number of carbonyl (C=O) groups is 1. The van der Waals surface area contributed by atoms with Gasteiger partial charge in [-0.05, 0) is 25.5 Å². The molecule has 3 rings (SSSR count). The largest absolute Gasteiger partial charge is 0.453 e. The Balaban J connectivity index is 1.73. The monoisotopic (exact) mass is 364 g/mol. The van der Waals surface area contributed by atoms with Gasteiger partial charge in [-0.25, -0.2) is 4.98 Å². The van der Waals surface area contributed by atoms with Crippen molar-refractivity contribution in [2.45, 2.75) is 45.1 Å². The molecular formula is C18H21ClN2O2S. The van der Waals surface area contributed by atoms with E-state index >= 15 is 0 Å². The molecule has 24 heavy (non-hydrogen) atoms. The van der Waals surface area contributed by atoms with Gasteiger partial charge in [-0.2, -0.15) is 0 Å². The topological polar surface area (TPSA) is 51.2 Å². The summed E-state index contributed by atoms with van der Waals surface area (Å²) in [4.78, 5) is 16.8. The third kappa shape index (κ3) is 3.57. The Morgan fingerprint density at radius 1 is 1.46 bits per heavy atom. The lowest BCUT2D eigenvalue weighted by atomic mass is 9.90. The fourth-order valence-electron chi connectivity index (χ4n) is 2.98. The minimum absolute atomic E-state index is 0.0170. The molecule has 0 spiro atoms. The van der Waals surface area contributed by atoms with E-state index in [1.165, 1.54) is 11.3 Å². The number of halogens is 1. The Morgan fingerprint density at radius 3 is 3.00 bits per heavy atom. The second-order valence-corrected chi connectivity index (χ2v) is 7.60. The molecule has 6 heteroatoms. The van der Waals surface area contributed by atoms with Crippen molar-refractivity contribution in [1.82, 2.24) is 4.98 Å². The number of hydrogen-bond acceptors (Lipinski definition) is 5. The number of nitrogens with one attached hydrogen (secondary N) is 1. The van der Waals surface area contributed by atoms with Crippen LogP contribution in [0.25, 0.3) is 0 Å². The van der Waals surface area contributed by atoms with E-state index in [0.29, 0.717) is 11.4 Å². The zero-order chi connectivity index (χ0) is 17.2. The first kappa shape index (κ1) is 17.2. The molecule has 0 aliphatic carbocycles. The van der Waals surface area contributed by atoms with Gasteiger partial charge in [0.25, 0.3) is 0 Å². The van der Waals surface area contributed by atoms with E-state index in [4.69, 9.17) is 16.3 Å². The van der Waals surface area contributed by atoms with E-state index in [0.717, 1.165) is 35.8 Å². The van der Waals surface area contributed by atoms with Gasteiger partial charge in [0.1, 0.15) is 0 Å². The first-order valence-electron chi connectivity index (χ1n) is 8.22. The van der Waals surface area contributed by atoms with Gasteiger partial charge in [0, 0.05) is 11.8 Å². The molecule has 0 unspecified atom stereocenters. The van der Waals surface area contributed by atoms with Crippen LogP contribution in [0.4, 0.5) is 10.8 Å². The summed E-state index contributed by atoms with van der Waals surface area (Å²) in [7, 11) is 0. The Bertz CT molecular complexity index is 733. The SMILES string of the molecule is CCCC[C@@H]1C[C@@](C)(c2csc(Nc3ccccc3Cl)n2)OC1=O. The number of aromatic nitrogens is 1. The minimum Gasteiger partial charge on any atom is -0.453 e. The molecule has 0 radical (unpaired) electrons.